The molecule has 0 spiro atoms. The second kappa shape index (κ2) is 12.2. The summed E-state index contributed by atoms with van der Waals surface area (Å²) >= 11 is 0. The summed E-state index contributed by atoms with van der Waals surface area (Å²) in [4.78, 5) is 2.44. The van der Waals surface area contributed by atoms with Crippen molar-refractivity contribution in [3.8, 4) is 22.3 Å². The van der Waals surface area contributed by atoms with Gasteiger partial charge in [-0.2, -0.15) is 0 Å². The van der Waals surface area contributed by atoms with Crippen molar-refractivity contribution in [2.24, 2.45) is 0 Å². The number of rotatable bonds is 5. The van der Waals surface area contributed by atoms with Crippen LogP contribution in [0.4, 0.5) is 17.1 Å². The molecule has 1 aromatic heterocycles. The van der Waals surface area contributed by atoms with Gasteiger partial charge in [-0.3, -0.25) is 0 Å². The van der Waals surface area contributed by atoms with Crippen LogP contribution >= 0.6 is 0 Å². The van der Waals surface area contributed by atoms with Gasteiger partial charge in [-0.25, -0.2) is 0 Å². The molecule has 0 atom stereocenters. The van der Waals surface area contributed by atoms with Crippen LogP contribution in [0.25, 0.3) is 87.3 Å². The fourth-order valence-electron chi connectivity index (χ4n) is 8.55. The summed E-state index contributed by atoms with van der Waals surface area (Å²) in [5.41, 5.74) is 9.87. The lowest BCUT2D eigenvalue weighted by atomic mass is 9.90. The van der Waals surface area contributed by atoms with Crippen molar-refractivity contribution in [2.45, 2.75) is 0 Å². The molecule has 0 aliphatic carbocycles. The van der Waals surface area contributed by atoms with E-state index >= 15 is 0 Å². The Morgan fingerprint density at radius 1 is 0.333 bits per heavy atom. The van der Waals surface area contributed by atoms with Gasteiger partial charge >= 0.3 is 0 Å². The lowest BCUT2D eigenvalue weighted by Crippen LogP contribution is -2.11. The zero-order chi connectivity index (χ0) is 35.6. The summed E-state index contributed by atoms with van der Waals surface area (Å²) in [5, 5.41) is 11.9. The molecule has 1 heterocycles. The molecule has 2 heteroatoms. The molecule has 11 rings (SSSR count). The summed E-state index contributed by atoms with van der Waals surface area (Å²) in [6, 6.07) is 72.3. The van der Waals surface area contributed by atoms with Crippen molar-refractivity contribution in [1.82, 2.24) is 0 Å². The molecule has 0 amide bonds. The van der Waals surface area contributed by atoms with Crippen molar-refractivity contribution < 1.29 is 4.42 Å². The van der Waals surface area contributed by atoms with E-state index in [1.165, 1.54) is 54.6 Å². The van der Waals surface area contributed by atoms with Gasteiger partial charge in [0.25, 0.3) is 0 Å². The van der Waals surface area contributed by atoms with Crippen LogP contribution < -0.4 is 4.90 Å². The van der Waals surface area contributed by atoms with Gasteiger partial charge in [-0.1, -0.05) is 164 Å². The molecular formula is C52H33NO. The monoisotopic (exact) mass is 687 g/mol. The Bertz CT molecular complexity index is 3210. The Balaban J connectivity index is 1.21. The predicted octanol–water partition coefficient (Wildman–Crippen LogP) is 15.0. The Morgan fingerprint density at radius 3 is 1.65 bits per heavy atom. The Morgan fingerprint density at radius 2 is 0.889 bits per heavy atom. The maximum Gasteiger partial charge on any atom is 0.145 e. The first-order valence-corrected chi connectivity index (χ1v) is 18.5. The number of benzene rings is 10. The highest BCUT2D eigenvalue weighted by molar-refractivity contribution is 6.23. The van der Waals surface area contributed by atoms with Crippen molar-refractivity contribution in [3.05, 3.63) is 200 Å². The molecule has 2 nitrogen and oxygen atoms in total. The maximum absolute atomic E-state index is 6.72. The molecule has 10 aromatic carbocycles. The van der Waals surface area contributed by atoms with Gasteiger partial charge in [-0.15, -0.1) is 0 Å². The molecule has 252 valence electrons. The lowest BCUT2D eigenvalue weighted by molar-refractivity contribution is 0.672. The average Bonchev–Trinajstić information content (AvgIpc) is 3.64. The van der Waals surface area contributed by atoms with E-state index in [9.17, 15) is 0 Å². The van der Waals surface area contributed by atoms with E-state index in [0.717, 1.165) is 49.8 Å². The van der Waals surface area contributed by atoms with Crippen LogP contribution in [0, 0.1) is 0 Å². The minimum atomic E-state index is 0.882. The van der Waals surface area contributed by atoms with Gasteiger partial charge in [-0.05, 0) is 91.0 Å². The van der Waals surface area contributed by atoms with Gasteiger partial charge in [0.05, 0.1) is 16.8 Å². The van der Waals surface area contributed by atoms with Gasteiger partial charge in [0.1, 0.15) is 11.2 Å². The molecule has 0 unspecified atom stereocenters. The van der Waals surface area contributed by atoms with Crippen LogP contribution in [0.2, 0.25) is 0 Å². The Kier molecular flexibility index (Phi) is 6.90. The Hall–Kier alpha value is -7.16. The Labute approximate surface area is 312 Å². The first-order valence-electron chi connectivity index (χ1n) is 18.5. The highest BCUT2D eigenvalue weighted by atomic mass is 16.3. The summed E-state index contributed by atoms with van der Waals surface area (Å²) in [7, 11) is 0. The molecule has 0 fully saturated rings. The van der Waals surface area contributed by atoms with E-state index in [1.54, 1.807) is 0 Å². The number of hydrogen-bond acceptors (Lipinski definition) is 2. The first-order chi connectivity index (χ1) is 26.8. The number of furan rings is 1. The molecule has 54 heavy (non-hydrogen) atoms. The number of hydrogen-bond donors (Lipinski definition) is 0. The molecule has 0 radical (unpaired) electrons. The average molecular weight is 688 g/mol. The zero-order valence-electron chi connectivity index (χ0n) is 29.4. The molecule has 0 bridgehead atoms. The minimum absolute atomic E-state index is 0.882. The number of nitrogens with zero attached hydrogens (tertiary/aromatic N) is 1. The van der Waals surface area contributed by atoms with Crippen molar-refractivity contribution in [3.63, 3.8) is 0 Å². The van der Waals surface area contributed by atoms with E-state index < -0.39 is 0 Å². The molecule has 0 saturated carbocycles. The highest BCUT2D eigenvalue weighted by Crippen LogP contribution is 2.49. The largest absolute Gasteiger partial charge is 0.455 e. The normalized spacial score (nSPS) is 11.7. The van der Waals surface area contributed by atoms with Gasteiger partial charge in [0.15, 0.2) is 0 Å². The van der Waals surface area contributed by atoms with Gasteiger partial charge in [0.2, 0.25) is 0 Å². The molecule has 0 aliphatic heterocycles. The topological polar surface area (TPSA) is 16.4 Å². The van der Waals surface area contributed by atoms with Crippen LogP contribution in [-0.2, 0) is 0 Å². The van der Waals surface area contributed by atoms with Crippen molar-refractivity contribution in [2.75, 3.05) is 4.90 Å². The SMILES string of the molecule is c1ccc(-c2ccc(N(c3ccc(-c4cc5ccccc5c5ccccc45)c4ccccc34)c3cc4ccccc4c4oc5ccccc5c34)cc2)cc1. The van der Waals surface area contributed by atoms with Gasteiger partial charge in [0, 0.05) is 21.8 Å². The van der Waals surface area contributed by atoms with Crippen molar-refractivity contribution in [1.29, 1.82) is 0 Å². The summed E-state index contributed by atoms with van der Waals surface area (Å²) in [5.74, 6) is 0. The molecule has 11 aromatic rings. The second-order valence-electron chi connectivity index (χ2n) is 14.0. The third-order valence-corrected chi connectivity index (χ3v) is 11.0. The summed E-state index contributed by atoms with van der Waals surface area (Å²) in [6.45, 7) is 0. The van der Waals surface area contributed by atoms with Crippen LogP contribution in [-0.4, -0.2) is 0 Å². The molecule has 0 N–H and O–H groups in total. The standard InChI is InChI=1S/C52H33NO/c1-2-14-34(15-3-1)35-26-28-38(29-27-35)53(49-33-37-17-5-7-19-40(37)52-51(49)46-24-12-13-25-50(46)54-52)48-31-30-44(42-21-10-11-23-45(42)48)47-32-36-16-4-6-18-39(36)41-20-8-9-22-43(41)47/h1-33H. The number of anilines is 3. The number of fused-ring (bicyclic) bond motifs is 9. The third kappa shape index (κ3) is 4.74. The molecule has 0 aliphatic rings. The van der Waals surface area contributed by atoms with E-state index in [1.807, 2.05) is 0 Å². The van der Waals surface area contributed by atoms with Gasteiger partial charge < -0.3 is 9.32 Å². The van der Waals surface area contributed by atoms with E-state index in [-0.39, 0.29) is 0 Å². The first kappa shape index (κ1) is 30.5. The van der Waals surface area contributed by atoms with E-state index in [4.69, 9.17) is 4.42 Å². The molecular weight excluding hydrogens is 655 g/mol. The van der Waals surface area contributed by atoms with E-state index in [0.29, 0.717) is 0 Å². The van der Waals surface area contributed by atoms with Crippen LogP contribution in [0.1, 0.15) is 0 Å². The summed E-state index contributed by atoms with van der Waals surface area (Å²) in [6.07, 6.45) is 0. The maximum atomic E-state index is 6.72. The third-order valence-electron chi connectivity index (χ3n) is 11.0. The predicted molar refractivity (Wildman–Crippen MR) is 229 cm³/mol. The fraction of sp³-hybridized carbons (Fsp3) is 0. The highest BCUT2D eigenvalue weighted by Gasteiger charge is 2.24. The smallest absolute Gasteiger partial charge is 0.145 e. The quantitative estimate of drug-likeness (QED) is 0.168. The number of para-hydroxylation sites is 1. The van der Waals surface area contributed by atoms with Crippen LogP contribution in [0.15, 0.2) is 205 Å². The van der Waals surface area contributed by atoms with Crippen LogP contribution in [0.3, 0.4) is 0 Å². The minimum Gasteiger partial charge on any atom is -0.455 e. The molecule has 0 saturated heterocycles. The zero-order valence-corrected chi connectivity index (χ0v) is 29.4. The second-order valence-corrected chi connectivity index (χ2v) is 14.0. The lowest BCUT2D eigenvalue weighted by Gasteiger charge is -2.29. The van der Waals surface area contributed by atoms with E-state index in [2.05, 4.69) is 205 Å². The van der Waals surface area contributed by atoms with Crippen LogP contribution in [0.5, 0.6) is 0 Å². The fourth-order valence-corrected chi connectivity index (χ4v) is 8.55. The summed E-state index contributed by atoms with van der Waals surface area (Å²) < 4.78 is 6.72. The van der Waals surface area contributed by atoms with Crippen molar-refractivity contribution >= 4 is 82.1 Å².